The van der Waals surface area contributed by atoms with Crippen molar-refractivity contribution in [3.63, 3.8) is 0 Å². The van der Waals surface area contributed by atoms with Crippen LogP contribution in [-0.2, 0) is 25.6 Å². The molecule has 2 fully saturated rings. The van der Waals surface area contributed by atoms with Gasteiger partial charge in [0.15, 0.2) is 34.2 Å². The normalized spacial score (nSPS) is 32.1. The van der Waals surface area contributed by atoms with Gasteiger partial charge in [0.05, 0.1) is 40.9 Å². The molecular weight excluding hydrogens is 524 g/mol. The second-order valence-corrected chi connectivity index (χ2v) is 11.6. The van der Waals surface area contributed by atoms with E-state index in [0.29, 0.717) is 10.7 Å². The lowest BCUT2D eigenvalue weighted by molar-refractivity contribution is -0.167. The number of nitrogens with zero attached hydrogens (tertiary/aromatic N) is 2. The predicted molar refractivity (Wildman–Crippen MR) is 141 cm³/mol. The number of carbonyl (C=O) groups excluding carboxylic acids is 5. The van der Waals surface area contributed by atoms with E-state index in [1.807, 2.05) is 12.3 Å². The Kier molecular flexibility index (Phi) is 6.68. The molecule has 0 aliphatic heterocycles. The van der Waals surface area contributed by atoms with Crippen LogP contribution in [0.25, 0.3) is 0 Å². The van der Waals surface area contributed by atoms with Crippen molar-refractivity contribution >= 4 is 51.2 Å². The van der Waals surface area contributed by atoms with Crippen LogP contribution in [0, 0.1) is 29.6 Å². The summed E-state index contributed by atoms with van der Waals surface area (Å²) in [6, 6.07) is 2.15. The van der Waals surface area contributed by atoms with Crippen LogP contribution < -0.4 is 11.1 Å². The van der Waals surface area contributed by atoms with Gasteiger partial charge in [-0.05, 0) is 38.1 Å². The molecule has 5 rings (SSSR count). The Bertz CT molecular complexity index is 1420. The third-order valence-corrected chi connectivity index (χ3v) is 9.31. The Morgan fingerprint density at radius 2 is 1.79 bits per heavy atom. The summed E-state index contributed by atoms with van der Waals surface area (Å²) >= 11 is 1.34. The largest absolute Gasteiger partial charge is 0.505 e. The minimum absolute atomic E-state index is 0.0602. The highest BCUT2D eigenvalue weighted by molar-refractivity contribution is 7.13. The number of thiazole rings is 1. The number of primary amides is 1. The zero-order valence-electron chi connectivity index (χ0n) is 21.9. The van der Waals surface area contributed by atoms with Gasteiger partial charge in [0, 0.05) is 17.2 Å². The highest BCUT2D eigenvalue weighted by Gasteiger charge is 2.65. The smallest absolute Gasteiger partial charge is 0.235 e. The van der Waals surface area contributed by atoms with Gasteiger partial charge in [0.2, 0.25) is 5.91 Å². The number of nitrogens with one attached hydrogen (secondary N) is 1. The monoisotopic (exact) mass is 554 g/mol. The average Bonchev–Trinajstić information content (AvgIpc) is 3.32. The number of ketones is 4. The van der Waals surface area contributed by atoms with Crippen molar-refractivity contribution in [1.29, 1.82) is 0 Å². The molecule has 3 aliphatic carbocycles. The van der Waals surface area contributed by atoms with Crippen molar-refractivity contribution in [2.24, 2.45) is 35.3 Å². The minimum Gasteiger partial charge on any atom is -0.505 e. The number of aliphatic hydroxyl groups is 1. The SMILES string of the molecule is CCc1csc(Nc2ccc3c(c2O)C(=O)C2C(=O)C4C(=O)C(C(N)=O)C(=O)[C@@H](N(C)C)C4[C@@H](O)C2[C@H]3C)n1. The second-order valence-electron chi connectivity index (χ2n) is 10.8. The first-order valence-electron chi connectivity index (χ1n) is 12.8. The molecule has 0 saturated heterocycles. The first-order valence-corrected chi connectivity index (χ1v) is 13.6. The third kappa shape index (κ3) is 3.92. The number of aryl methyl sites for hydroxylation is 1. The quantitative estimate of drug-likeness (QED) is 0.308. The van der Waals surface area contributed by atoms with Crippen LogP contribution in [0.15, 0.2) is 17.5 Å². The van der Waals surface area contributed by atoms with E-state index in [2.05, 4.69) is 10.3 Å². The molecule has 0 bridgehead atoms. The number of likely N-dealkylation sites (N-methyl/N-ethyl adjacent to an activating group) is 1. The van der Waals surface area contributed by atoms with Crippen molar-refractivity contribution < 1.29 is 34.2 Å². The van der Waals surface area contributed by atoms with Gasteiger partial charge in [0.25, 0.3) is 0 Å². The van der Waals surface area contributed by atoms with Crippen molar-refractivity contribution in [3.8, 4) is 5.75 Å². The first-order chi connectivity index (χ1) is 18.4. The van der Waals surface area contributed by atoms with E-state index in [1.54, 1.807) is 33.2 Å². The standard InChI is InChI=1S/C27H30N4O7S/c1-5-10-8-39-27(29-10)30-12-7-6-11-9(2)13-16(22(34)14(11)20(12)32)23(35)17-15(21(13)33)19(31(3)4)25(37)18(24(17)36)26(28)38/h6-9,13,15-19,21,32-33H,5H2,1-4H3,(H2,28,38)(H,29,30)/t9-,13?,15?,16?,17?,18?,19-,21-/m0/s1. The molecule has 1 heterocycles. The fraction of sp³-hybridized carbons (Fsp3) is 0.481. The van der Waals surface area contributed by atoms with E-state index >= 15 is 0 Å². The average molecular weight is 555 g/mol. The molecule has 2 aromatic rings. The van der Waals surface area contributed by atoms with E-state index < -0.39 is 76.7 Å². The molecule has 12 heteroatoms. The topological polar surface area (TPSA) is 180 Å². The molecule has 0 spiro atoms. The Morgan fingerprint density at radius 3 is 2.38 bits per heavy atom. The third-order valence-electron chi connectivity index (χ3n) is 8.51. The lowest BCUT2D eigenvalue weighted by Crippen LogP contribution is -2.69. The molecule has 1 aromatic carbocycles. The van der Waals surface area contributed by atoms with Crippen LogP contribution in [0.2, 0.25) is 0 Å². The highest BCUT2D eigenvalue weighted by atomic mass is 32.1. The number of phenolic OH excluding ortho intramolecular Hbond substituents is 1. The van der Waals surface area contributed by atoms with E-state index in [9.17, 15) is 34.2 Å². The zero-order chi connectivity index (χ0) is 28.5. The van der Waals surface area contributed by atoms with Crippen LogP contribution in [-0.4, -0.2) is 75.4 Å². The number of carbonyl (C=O) groups is 5. The van der Waals surface area contributed by atoms with Gasteiger partial charge < -0.3 is 21.3 Å². The van der Waals surface area contributed by atoms with Gasteiger partial charge in [-0.15, -0.1) is 11.3 Å². The minimum atomic E-state index is -1.84. The molecular formula is C27H30N4O7S. The summed E-state index contributed by atoms with van der Waals surface area (Å²) in [6.07, 6.45) is -0.656. The van der Waals surface area contributed by atoms with Gasteiger partial charge in [-0.3, -0.25) is 28.9 Å². The Labute approximate surface area is 228 Å². The number of fused-ring (bicyclic) bond motifs is 3. The highest BCUT2D eigenvalue weighted by Crippen LogP contribution is 2.54. The van der Waals surface area contributed by atoms with Crippen LogP contribution in [0.1, 0.15) is 41.4 Å². The lowest BCUT2D eigenvalue weighted by Gasteiger charge is -2.52. The lowest BCUT2D eigenvalue weighted by atomic mass is 9.51. The maximum Gasteiger partial charge on any atom is 0.235 e. The van der Waals surface area contributed by atoms with E-state index in [-0.39, 0.29) is 17.0 Å². The number of amides is 1. The summed E-state index contributed by atoms with van der Waals surface area (Å²) in [5.41, 5.74) is 6.87. The maximum absolute atomic E-state index is 13.9. The van der Waals surface area contributed by atoms with Crippen LogP contribution in [0.4, 0.5) is 10.8 Å². The van der Waals surface area contributed by atoms with Gasteiger partial charge in [0.1, 0.15) is 5.75 Å². The summed E-state index contributed by atoms with van der Waals surface area (Å²) < 4.78 is 0. The molecule has 5 N–H and O–H groups in total. The molecule has 1 amide bonds. The number of benzene rings is 1. The van der Waals surface area contributed by atoms with Crippen LogP contribution in [0.5, 0.6) is 5.75 Å². The number of aromatic hydroxyl groups is 1. The molecule has 2 saturated carbocycles. The predicted octanol–water partition coefficient (Wildman–Crippen LogP) is 1.05. The van der Waals surface area contributed by atoms with Crippen molar-refractivity contribution in [3.05, 3.63) is 34.3 Å². The van der Waals surface area contributed by atoms with Gasteiger partial charge in [-0.1, -0.05) is 19.9 Å². The van der Waals surface area contributed by atoms with Crippen molar-refractivity contribution in [1.82, 2.24) is 9.88 Å². The molecule has 206 valence electrons. The van der Waals surface area contributed by atoms with Gasteiger partial charge in [-0.2, -0.15) is 0 Å². The van der Waals surface area contributed by atoms with E-state index in [4.69, 9.17) is 5.73 Å². The number of hydrogen-bond acceptors (Lipinski definition) is 11. The number of rotatable bonds is 5. The van der Waals surface area contributed by atoms with Gasteiger partial charge in [-0.25, -0.2) is 4.98 Å². The first kappa shape index (κ1) is 27.1. The Balaban J connectivity index is 1.59. The Hall–Kier alpha value is -3.48. The van der Waals surface area contributed by atoms with E-state index in [0.717, 1.165) is 12.1 Å². The number of phenols is 1. The second kappa shape index (κ2) is 9.61. The van der Waals surface area contributed by atoms with Crippen molar-refractivity contribution in [2.45, 2.75) is 38.3 Å². The zero-order valence-corrected chi connectivity index (χ0v) is 22.7. The fourth-order valence-corrected chi connectivity index (χ4v) is 7.53. The number of hydrogen-bond donors (Lipinski definition) is 4. The number of nitrogens with two attached hydrogens (primary N) is 1. The van der Waals surface area contributed by atoms with Crippen LogP contribution in [0.3, 0.4) is 0 Å². The molecule has 11 nitrogen and oxygen atoms in total. The molecule has 1 aromatic heterocycles. The number of Topliss-reactive ketones (excluding diaryl/α,β-unsaturated/α-hetero) is 4. The molecule has 39 heavy (non-hydrogen) atoms. The molecule has 8 atom stereocenters. The van der Waals surface area contributed by atoms with Gasteiger partial charge >= 0.3 is 0 Å². The number of aromatic nitrogens is 1. The van der Waals surface area contributed by atoms with Crippen LogP contribution >= 0.6 is 11.3 Å². The summed E-state index contributed by atoms with van der Waals surface area (Å²) in [5, 5.41) is 28.2. The fourth-order valence-electron chi connectivity index (χ4n) is 6.72. The summed E-state index contributed by atoms with van der Waals surface area (Å²) in [6.45, 7) is 3.70. The molecule has 5 unspecified atom stereocenters. The Morgan fingerprint density at radius 1 is 1.10 bits per heavy atom. The molecule has 0 radical (unpaired) electrons. The maximum atomic E-state index is 13.9. The summed E-state index contributed by atoms with van der Waals surface area (Å²) in [5.74, 6) is -12.3. The van der Waals surface area contributed by atoms with Crippen molar-refractivity contribution in [2.75, 3.05) is 19.4 Å². The summed E-state index contributed by atoms with van der Waals surface area (Å²) in [7, 11) is 3.11. The number of aliphatic hydroxyl groups excluding tert-OH is 1. The summed E-state index contributed by atoms with van der Waals surface area (Å²) in [4.78, 5) is 72.3. The molecule has 3 aliphatic rings. The van der Waals surface area contributed by atoms with E-state index in [1.165, 1.54) is 16.2 Å². The number of anilines is 2.